The van der Waals surface area contributed by atoms with Gasteiger partial charge in [-0.25, -0.2) is 0 Å². The van der Waals surface area contributed by atoms with E-state index in [-0.39, 0.29) is 6.61 Å². The summed E-state index contributed by atoms with van der Waals surface area (Å²) in [4.78, 5) is 0. The van der Waals surface area contributed by atoms with E-state index < -0.39 is 0 Å². The molecule has 0 aromatic rings. The van der Waals surface area contributed by atoms with Gasteiger partial charge < -0.3 is 14.6 Å². The maximum Gasteiger partial charge on any atom is 0.0704 e. The van der Waals surface area contributed by atoms with Gasteiger partial charge in [0.2, 0.25) is 0 Å². The van der Waals surface area contributed by atoms with Gasteiger partial charge in [-0.2, -0.15) is 0 Å². The lowest BCUT2D eigenvalue weighted by atomic mass is 9.94. The van der Waals surface area contributed by atoms with Crippen molar-refractivity contribution in [3.63, 3.8) is 0 Å². The number of hydrogen-bond acceptors (Lipinski definition) is 3. The van der Waals surface area contributed by atoms with E-state index >= 15 is 0 Å². The molecule has 2 unspecified atom stereocenters. The molecule has 0 radical (unpaired) electrons. The second-order valence-corrected chi connectivity index (χ2v) is 4.22. The van der Waals surface area contributed by atoms with Crippen LogP contribution in [0.1, 0.15) is 46.5 Å². The number of hydrogen-bond donors (Lipinski definition) is 1. The summed E-state index contributed by atoms with van der Waals surface area (Å²) >= 11 is 0. The minimum Gasteiger partial charge on any atom is -0.394 e. The Hall–Kier alpha value is -0.120. The van der Waals surface area contributed by atoms with Crippen molar-refractivity contribution < 1.29 is 14.6 Å². The van der Waals surface area contributed by atoms with Crippen molar-refractivity contribution in [2.45, 2.75) is 52.6 Å². The van der Waals surface area contributed by atoms with Crippen LogP contribution in [0.5, 0.6) is 0 Å². The highest BCUT2D eigenvalue weighted by molar-refractivity contribution is 4.64. The molecule has 3 heteroatoms. The predicted molar refractivity (Wildman–Crippen MR) is 66.6 cm³/mol. The Balaban J connectivity index is 3.54. The summed E-state index contributed by atoms with van der Waals surface area (Å²) in [5.41, 5.74) is 0. The number of rotatable bonds is 11. The summed E-state index contributed by atoms with van der Waals surface area (Å²) in [5.74, 6) is 0.665. The fourth-order valence-electron chi connectivity index (χ4n) is 1.83. The summed E-state index contributed by atoms with van der Waals surface area (Å²) in [5, 5.41) is 8.53. The molecule has 0 aliphatic heterocycles. The van der Waals surface area contributed by atoms with E-state index in [0.29, 0.717) is 31.8 Å². The first kappa shape index (κ1) is 15.9. The minimum atomic E-state index is 0.0869. The van der Waals surface area contributed by atoms with E-state index in [1.54, 1.807) is 0 Å². The Morgan fingerprint density at radius 2 is 1.88 bits per heavy atom. The van der Waals surface area contributed by atoms with Crippen molar-refractivity contribution >= 4 is 0 Å². The van der Waals surface area contributed by atoms with E-state index in [1.807, 2.05) is 0 Å². The second kappa shape index (κ2) is 11.4. The SMILES string of the molecule is CCCCC(CC)C(C)OCCOCCO. The lowest BCUT2D eigenvalue weighted by Gasteiger charge is -2.23. The minimum absolute atomic E-state index is 0.0869. The fraction of sp³-hybridized carbons (Fsp3) is 1.00. The molecule has 0 aromatic heterocycles. The summed E-state index contributed by atoms with van der Waals surface area (Å²) < 4.78 is 10.9. The molecular formula is C13H28O3. The molecule has 16 heavy (non-hydrogen) atoms. The highest BCUT2D eigenvalue weighted by atomic mass is 16.5. The largest absolute Gasteiger partial charge is 0.394 e. The van der Waals surface area contributed by atoms with Crippen LogP contribution in [-0.4, -0.2) is 37.6 Å². The Bertz CT molecular complexity index is 139. The van der Waals surface area contributed by atoms with Crippen LogP contribution in [0.15, 0.2) is 0 Å². The molecule has 0 saturated carbocycles. The predicted octanol–water partition coefficient (Wildman–Crippen LogP) is 2.62. The van der Waals surface area contributed by atoms with Crippen LogP contribution in [0.3, 0.4) is 0 Å². The molecule has 0 aromatic carbocycles. The van der Waals surface area contributed by atoms with Crippen molar-refractivity contribution in [3.8, 4) is 0 Å². The summed E-state index contributed by atoms with van der Waals surface area (Å²) in [6.07, 6.45) is 5.29. The summed E-state index contributed by atoms with van der Waals surface area (Å²) in [6.45, 7) is 8.30. The number of aliphatic hydroxyl groups excluding tert-OH is 1. The lowest BCUT2D eigenvalue weighted by molar-refractivity contribution is -0.0203. The molecule has 1 N–H and O–H groups in total. The molecule has 0 saturated heterocycles. The van der Waals surface area contributed by atoms with Crippen LogP contribution in [0.4, 0.5) is 0 Å². The standard InChI is InChI=1S/C13H28O3/c1-4-6-7-13(5-2)12(3)16-11-10-15-9-8-14/h12-14H,4-11H2,1-3H3. The zero-order valence-corrected chi connectivity index (χ0v) is 11.1. The highest BCUT2D eigenvalue weighted by Crippen LogP contribution is 2.18. The van der Waals surface area contributed by atoms with Crippen molar-refractivity contribution in [3.05, 3.63) is 0 Å². The molecule has 98 valence electrons. The zero-order valence-electron chi connectivity index (χ0n) is 11.1. The van der Waals surface area contributed by atoms with E-state index in [4.69, 9.17) is 14.6 Å². The Morgan fingerprint density at radius 1 is 1.12 bits per heavy atom. The van der Waals surface area contributed by atoms with Gasteiger partial charge in [-0.15, -0.1) is 0 Å². The van der Waals surface area contributed by atoms with Gasteiger partial charge in [0.25, 0.3) is 0 Å². The normalized spacial score (nSPS) is 15.0. The first-order valence-corrected chi connectivity index (χ1v) is 6.56. The van der Waals surface area contributed by atoms with E-state index in [9.17, 15) is 0 Å². The monoisotopic (exact) mass is 232 g/mol. The van der Waals surface area contributed by atoms with E-state index in [1.165, 1.54) is 25.7 Å². The first-order valence-electron chi connectivity index (χ1n) is 6.56. The van der Waals surface area contributed by atoms with E-state index in [0.717, 1.165) is 0 Å². The highest BCUT2D eigenvalue weighted by Gasteiger charge is 2.14. The Morgan fingerprint density at radius 3 is 2.44 bits per heavy atom. The van der Waals surface area contributed by atoms with Gasteiger partial charge in [0.05, 0.1) is 32.5 Å². The number of ether oxygens (including phenoxy) is 2. The van der Waals surface area contributed by atoms with Crippen molar-refractivity contribution in [1.82, 2.24) is 0 Å². The van der Waals surface area contributed by atoms with Crippen LogP contribution in [0.2, 0.25) is 0 Å². The lowest BCUT2D eigenvalue weighted by Crippen LogP contribution is -2.22. The van der Waals surface area contributed by atoms with Gasteiger partial charge in [-0.3, -0.25) is 0 Å². The van der Waals surface area contributed by atoms with E-state index in [2.05, 4.69) is 20.8 Å². The zero-order chi connectivity index (χ0) is 12.2. The number of unbranched alkanes of at least 4 members (excludes halogenated alkanes) is 1. The maximum atomic E-state index is 8.53. The van der Waals surface area contributed by atoms with Crippen LogP contribution < -0.4 is 0 Å². The van der Waals surface area contributed by atoms with Crippen molar-refractivity contribution in [1.29, 1.82) is 0 Å². The molecule has 3 nitrogen and oxygen atoms in total. The smallest absolute Gasteiger partial charge is 0.0704 e. The van der Waals surface area contributed by atoms with Gasteiger partial charge in [-0.1, -0.05) is 33.1 Å². The van der Waals surface area contributed by atoms with Crippen molar-refractivity contribution in [2.24, 2.45) is 5.92 Å². The third-order valence-corrected chi connectivity index (χ3v) is 2.96. The summed E-state index contributed by atoms with van der Waals surface area (Å²) in [7, 11) is 0. The topological polar surface area (TPSA) is 38.7 Å². The fourth-order valence-corrected chi connectivity index (χ4v) is 1.83. The molecule has 0 aliphatic carbocycles. The van der Waals surface area contributed by atoms with Crippen LogP contribution in [-0.2, 0) is 9.47 Å². The molecule has 0 amide bonds. The molecule has 2 atom stereocenters. The molecule has 0 heterocycles. The van der Waals surface area contributed by atoms with Crippen LogP contribution in [0, 0.1) is 5.92 Å². The third kappa shape index (κ3) is 8.08. The van der Waals surface area contributed by atoms with Gasteiger partial charge in [0.1, 0.15) is 0 Å². The van der Waals surface area contributed by atoms with Crippen molar-refractivity contribution in [2.75, 3.05) is 26.4 Å². The summed E-state index contributed by atoms with van der Waals surface area (Å²) in [6, 6.07) is 0. The molecule has 0 rings (SSSR count). The average Bonchev–Trinajstić information content (AvgIpc) is 2.30. The van der Waals surface area contributed by atoms with Crippen LogP contribution in [0.25, 0.3) is 0 Å². The first-order chi connectivity index (χ1) is 7.76. The number of aliphatic hydroxyl groups is 1. The van der Waals surface area contributed by atoms with Gasteiger partial charge in [0, 0.05) is 0 Å². The van der Waals surface area contributed by atoms with Gasteiger partial charge >= 0.3 is 0 Å². The Labute approximate surface area is 100 Å². The molecule has 0 bridgehead atoms. The van der Waals surface area contributed by atoms with Crippen LogP contribution >= 0.6 is 0 Å². The molecular weight excluding hydrogens is 204 g/mol. The maximum absolute atomic E-state index is 8.53. The quantitative estimate of drug-likeness (QED) is 0.557. The third-order valence-electron chi connectivity index (χ3n) is 2.96. The molecule has 0 aliphatic rings. The second-order valence-electron chi connectivity index (χ2n) is 4.22. The Kier molecular flexibility index (Phi) is 11.3. The van der Waals surface area contributed by atoms with Gasteiger partial charge in [-0.05, 0) is 19.3 Å². The average molecular weight is 232 g/mol. The molecule has 0 fully saturated rings. The van der Waals surface area contributed by atoms with Gasteiger partial charge in [0.15, 0.2) is 0 Å². The molecule has 0 spiro atoms.